The molecule has 0 spiro atoms. The molecule has 0 heterocycles. The lowest BCUT2D eigenvalue weighted by Crippen LogP contribution is -2.59. The van der Waals surface area contributed by atoms with Gasteiger partial charge in [0.25, 0.3) is 0 Å². The molecule has 0 aliphatic heterocycles. The fraction of sp³-hybridized carbons (Fsp3) is 0.941. The maximum atomic E-state index is 12.4. The van der Waals surface area contributed by atoms with Gasteiger partial charge in [-0.1, -0.05) is 45.4 Å². The normalized spacial score (nSPS) is 32.6. The van der Waals surface area contributed by atoms with Gasteiger partial charge in [0.05, 0.1) is 5.54 Å². The Labute approximate surface area is 124 Å². The van der Waals surface area contributed by atoms with Gasteiger partial charge in [-0.05, 0) is 37.5 Å². The molecule has 0 aromatic heterocycles. The molecule has 20 heavy (non-hydrogen) atoms. The van der Waals surface area contributed by atoms with Crippen LogP contribution in [0, 0.1) is 11.8 Å². The fourth-order valence-corrected chi connectivity index (χ4v) is 4.11. The van der Waals surface area contributed by atoms with Gasteiger partial charge in [-0.25, -0.2) is 0 Å². The minimum atomic E-state index is -0.125. The van der Waals surface area contributed by atoms with E-state index in [0.29, 0.717) is 24.8 Å². The largest absolute Gasteiger partial charge is 0.349 e. The van der Waals surface area contributed by atoms with Crippen LogP contribution >= 0.6 is 0 Å². The molecule has 2 atom stereocenters. The Balaban J connectivity index is 1.88. The summed E-state index contributed by atoms with van der Waals surface area (Å²) in [6.07, 6.45) is 13.2. The Morgan fingerprint density at radius 2 is 1.75 bits per heavy atom. The van der Waals surface area contributed by atoms with E-state index in [1.807, 2.05) is 0 Å². The molecule has 2 rings (SSSR count). The number of amides is 1. The molecule has 0 aromatic rings. The monoisotopic (exact) mass is 280 g/mol. The van der Waals surface area contributed by atoms with Crippen molar-refractivity contribution in [1.29, 1.82) is 0 Å². The quantitative estimate of drug-likeness (QED) is 0.776. The summed E-state index contributed by atoms with van der Waals surface area (Å²) in [5, 5.41) is 3.34. The zero-order valence-electron chi connectivity index (χ0n) is 13.1. The lowest BCUT2D eigenvalue weighted by Gasteiger charge is -2.43. The number of hydrogen-bond donors (Lipinski definition) is 2. The molecule has 0 bridgehead atoms. The average Bonchev–Trinajstić information content (AvgIpc) is 2.70. The van der Waals surface area contributed by atoms with Gasteiger partial charge in [-0.15, -0.1) is 0 Å². The standard InChI is InChI=1S/C17H32N2O/c1-14-8-6-7-11-17(14,13-18)19-16(20)12-15-9-4-2-3-5-10-15/h14-15H,2-13,18H2,1H3,(H,19,20). The summed E-state index contributed by atoms with van der Waals surface area (Å²) in [7, 11) is 0. The predicted octanol–water partition coefficient (Wildman–Crippen LogP) is 3.37. The molecule has 3 N–H and O–H groups in total. The van der Waals surface area contributed by atoms with Gasteiger partial charge in [0.1, 0.15) is 0 Å². The van der Waals surface area contributed by atoms with Crippen LogP contribution in [0.5, 0.6) is 0 Å². The molecule has 2 unspecified atom stereocenters. The molecule has 116 valence electrons. The van der Waals surface area contributed by atoms with E-state index >= 15 is 0 Å². The Morgan fingerprint density at radius 3 is 2.35 bits per heavy atom. The van der Waals surface area contributed by atoms with Crippen LogP contribution in [0.1, 0.15) is 77.6 Å². The Morgan fingerprint density at radius 1 is 1.10 bits per heavy atom. The second kappa shape index (κ2) is 7.44. The van der Waals surface area contributed by atoms with Gasteiger partial charge >= 0.3 is 0 Å². The van der Waals surface area contributed by atoms with Crippen molar-refractivity contribution >= 4 is 5.91 Å². The van der Waals surface area contributed by atoms with Crippen molar-refractivity contribution in [2.75, 3.05) is 6.54 Å². The van der Waals surface area contributed by atoms with E-state index in [2.05, 4.69) is 12.2 Å². The number of carbonyl (C=O) groups is 1. The second-order valence-electron chi connectivity index (χ2n) is 7.12. The first-order valence-electron chi connectivity index (χ1n) is 8.67. The van der Waals surface area contributed by atoms with Crippen molar-refractivity contribution in [1.82, 2.24) is 5.32 Å². The lowest BCUT2D eigenvalue weighted by molar-refractivity contribution is -0.125. The van der Waals surface area contributed by atoms with Gasteiger partial charge in [-0.2, -0.15) is 0 Å². The van der Waals surface area contributed by atoms with Crippen molar-refractivity contribution in [2.24, 2.45) is 17.6 Å². The molecule has 2 aliphatic rings. The Bertz CT molecular complexity index is 310. The summed E-state index contributed by atoms with van der Waals surface area (Å²) in [5.74, 6) is 1.36. The summed E-state index contributed by atoms with van der Waals surface area (Å²) in [4.78, 5) is 12.4. The van der Waals surface area contributed by atoms with E-state index < -0.39 is 0 Å². The summed E-state index contributed by atoms with van der Waals surface area (Å²) in [5.41, 5.74) is 5.90. The van der Waals surface area contributed by atoms with Crippen LogP contribution in [-0.2, 0) is 4.79 Å². The highest BCUT2D eigenvalue weighted by Gasteiger charge is 2.38. The van der Waals surface area contributed by atoms with E-state index in [1.165, 1.54) is 57.8 Å². The van der Waals surface area contributed by atoms with Gasteiger partial charge in [0.2, 0.25) is 5.91 Å². The molecular formula is C17H32N2O. The van der Waals surface area contributed by atoms with Crippen LogP contribution in [0.3, 0.4) is 0 Å². The minimum Gasteiger partial charge on any atom is -0.349 e. The van der Waals surface area contributed by atoms with Crippen LogP contribution in [0.15, 0.2) is 0 Å². The molecule has 1 amide bonds. The highest BCUT2D eigenvalue weighted by molar-refractivity contribution is 5.77. The topological polar surface area (TPSA) is 55.1 Å². The third-order valence-electron chi connectivity index (χ3n) is 5.65. The smallest absolute Gasteiger partial charge is 0.220 e. The number of carbonyl (C=O) groups excluding carboxylic acids is 1. The van der Waals surface area contributed by atoms with Gasteiger partial charge in [0.15, 0.2) is 0 Å². The average molecular weight is 280 g/mol. The molecule has 0 saturated heterocycles. The Kier molecular flexibility index (Phi) is 5.88. The third kappa shape index (κ3) is 3.97. The lowest BCUT2D eigenvalue weighted by atomic mass is 9.73. The number of nitrogens with one attached hydrogen (secondary N) is 1. The van der Waals surface area contributed by atoms with E-state index in [0.717, 1.165) is 6.42 Å². The first-order chi connectivity index (χ1) is 9.66. The number of nitrogens with two attached hydrogens (primary N) is 1. The maximum Gasteiger partial charge on any atom is 0.220 e. The molecule has 2 fully saturated rings. The number of rotatable bonds is 4. The fourth-order valence-electron chi connectivity index (χ4n) is 4.11. The number of hydrogen-bond acceptors (Lipinski definition) is 2. The predicted molar refractivity (Wildman–Crippen MR) is 83.4 cm³/mol. The zero-order chi connectivity index (χ0) is 14.4. The van der Waals surface area contributed by atoms with Crippen LogP contribution in [0.4, 0.5) is 0 Å². The highest BCUT2D eigenvalue weighted by atomic mass is 16.1. The third-order valence-corrected chi connectivity index (χ3v) is 5.65. The van der Waals surface area contributed by atoms with Crippen LogP contribution in [0.25, 0.3) is 0 Å². The van der Waals surface area contributed by atoms with Crippen molar-refractivity contribution in [2.45, 2.75) is 83.1 Å². The Hall–Kier alpha value is -0.570. The first-order valence-corrected chi connectivity index (χ1v) is 8.67. The zero-order valence-corrected chi connectivity index (χ0v) is 13.1. The first kappa shape index (κ1) is 15.8. The SMILES string of the molecule is CC1CCCCC1(CN)NC(=O)CC1CCCCCC1. The molecule has 0 radical (unpaired) electrons. The van der Waals surface area contributed by atoms with Crippen molar-refractivity contribution < 1.29 is 4.79 Å². The summed E-state index contributed by atoms with van der Waals surface area (Å²) >= 11 is 0. The van der Waals surface area contributed by atoms with Crippen molar-refractivity contribution in [3.05, 3.63) is 0 Å². The van der Waals surface area contributed by atoms with E-state index in [9.17, 15) is 4.79 Å². The maximum absolute atomic E-state index is 12.4. The molecule has 3 heteroatoms. The minimum absolute atomic E-state index is 0.125. The summed E-state index contributed by atoms with van der Waals surface area (Å²) in [6.45, 7) is 2.84. The second-order valence-corrected chi connectivity index (χ2v) is 7.12. The molecule has 3 nitrogen and oxygen atoms in total. The van der Waals surface area contributed by atoms with Crippen molar-refractivity contribution in [3.8, 4) is 0 Å². The summed E-state index contributed by atoms with van der Waals surface area (Å²) in [6, 6.07) is 0. The van der Waals surface area contributed by atoms with Crippen LogP contribution in [0.2, 0.25) is 0 Å². The van der Waals surface area contributed by atoms with E-state index in [-0.39, 0.29) is 11.4 Å². The highest BCUT2D eigenvalue weighted by Crippen LogP contribution is 2.33. The molecule has 2 saturated carbocycles. The van der Waals surface area contributed by atoms with Gasteiger partial charge in [-0.3, -0.25) is 4.79 Å². The van der Waals surface area contributed by atoms with Crippen LogP contribution in [-0.4, -0.2) is 18.0 Å². The van der Waals surface area contributed by atoms with E-state index in [4.69, 9.17) is 5.73 Å². The van der Waals surface area contributed by atoms with Crippen molar-refractivity contribution in [3.63, 3.8) is 0 Å². The van der Waals surface area contributed by atoms with Gasteiger partial charge in [0, 0.05) is 13.0 Å². The van der Waals surface area contributed by atoms with E-state index in [1.54, 1.807) is 0 Å². The molecule has 2 aliphatic carbocycles. The van der Waals surface area contributed by atoms with Gasteiger partial charge < -0.3 is 11.1 Å². The summed E-state index contributed by atoms with van der Waals surface area (Å²) < 4.78 is 0. The molecule has 0 aromatic carbocycles. The molecular weight excluding hydrogens is 248 g/mol. The van der Waals surface area contributed by atoms with Crippen LogP contribution < -0.4 is 11.1 Å².